The number of hydrogen-bond donors (Lipinski definition) is 2. The fourth-order valence-electron chi connectivity index (χ4n) is 3.26. The highest BCUT2D eigenvalue weighted by Gasteiger charge is 2.39. The van der Waals surface area contributed by atoms with E-state index >= 15 is 0 Å². The van der Waals surface area contributed by atoms with Crippen LogP contribution in [0, 0.1) is 5.41 Å². The molecular weight excluding hydrogens is 274 g/mol. The fourth-order valence-corrected chi connectivity index (χ4v) is 4.12. The van der Waals surface area contributed by atoms with Crippen molar-refractivity contribution in [2.45, 2.75) is 19.3 Å². The Hall–Kier alpha value is -1.40. The van der Waals surface area contributed by atoms with Crippen LogP contribution in [-0.2, 0) is 0 Å². The first-order valence-electron chi connectivity index (χ1n) is 6.98. The number of carbonyl (C=O) groups excluding carboxylic acids is 2. The summed E-state index contributed by atoms with van der Waals surface area (Å²) < 4.78 is 0. The van der Waals surface area contributed by atoms with Crippen LogP contribution in [0.1, 0.15) is 39.3 Å². The summed E-state index contributed by atoms with van der Waals surface area (Å²) in [7, 11) is 0. The third kappa shape index (κ3) is 2.45. The maximum atomic E-state index is 12.5. The number of nitrogens with two attached hydrogens (primary N) is 1. The molecule has 0 aliphatic carbocycles. The van der Waals surface area contributed by atoms with Gasteiger partial charge in [-0.1, -0.05) is 0 Å². The van der Waals surface area contributed by atoms with Gasteiger partial charge in [0.2, 0.25) is 5.91 Å². The van der Waals surface area contributed by atoms with Crippen LogP contribution in [-0.4, -0.2) is 42.9 Å². The molecular formula is C14H19N3O2S. The lowest BCUT2D eigenvalue weighted by molar-refractivity contribution is 0.0558. The van der Waals surface area contributed by atoms with Crippen LogP contribution in [0.4, 0.5) is 0 Å². The zero-order valence-corrected chi connectivity index (χ0v) is 12.2. The van der Waals surface area contributed by atoms with Crippen LogP contribution in [0.25, 0.3) is 0 Å². The number of rotatable bonds is 2. The van der Waals surface area contributed by atoms with Crippen molar-refractivity contribution in [2.75, 3.05) is 26.2 Å². The normalized spacial score (nSPS) is 26.1. The Morgan fingerprint density at radius 3 is 2.90 bits per heavy atom. The van der Waals surface area contributed by atoms with E-state index in [0.29, 0.717) is 10.4 Å². The molecule has 6 heteroatoms. The molecule has 2 fully saturated rings. The standard InChI is InChI=1S/C14H19N3O2S/c15-12(18)10-6-11(20-7-10)13(19)17-5-1-2-14(9-17)3-4-16-8-14/h6-7,16H,1-5,8-9H2,(H2,15,18). The third-order valence-electron chi connectivity index (χ3n) is 4.38. The Morgan fingerprint density at radius 1 is 1.40 bits per heavy atom. The predicted octanol–water partition coefficient (Wildman–Crippen LogP) is 1.06. The summed E-state index contributed by atoms with van der Waals surface area (Å²) in [5, 5.41) is 5.06. The van der Waals surface area contributed by atoms with Crippen molar-refractivity contribution in [1.29, 1.82) is 0 Å². The first-order chi connectivity index (χ1) is 9.60. The molecule has 2 amide bonds. The largest absolute Gasteiger partial charge is 0.366 e. The van der Waals surface area contributed by atoms with Crippen LogP contribution in [0.5, 0.6) is 0 Å². The SMILES string of the molecule is NC(=O)c1csc(C(=O)N2CCCC3(CCNC3)C2)c1. The quantitative estimate of drug-likeness (QED) is 0.856. The van der Waals surface area contributed by atoms with Gasteiger partial charge >= 0.3 is 0 Å². The Balaban J connectivity index is 1.74. The van der Waals surface area contributed by atoms with Crippen molar-refractivity contribution in [3.63, 3.8) is 0 Å². The van der Waals surface area contributed by atoms with Gasteiger partial charge in [0.15, 0.2) is 0 Å². The van der Waals surface area contributed by atoms with E-state index in [0.717, 1.165) is 39.0 Å². The molecule has 0 saturated carbocycles. The van der Waals surface area contributed by atoms with Gasteiger partial charge < -0.3 is 16.0 Å². The van der Waals surface area contributed by atoms with Gasteiger partial charge in [-0.05, 0) is 31.9 Å². The van der Waals surface area contributed by atoms with Crippen LogP contribution in [0.15, 0.2) is 11.4 Å². The minimum absolute atomic E-state index is 0.0356. The molecule has 0 radical (unpaired) electrons. The number of piperidine rings is 1. The third-order valence-corrected chi connectivity index (χ3v) is 5.29. The lowest BCUT2D eigenvalue weighted by atomic mass is 9.79. The smallest absolute Gasteiger partial charge is 0.263 e. The van der Waals surface area contributed by atoms with Crippen LogP contribution in [0.3, 0.4) is 0 Å². The molecule has 3 rings (SSSR count). The number of nitrogens with zero attached hydrogens (tertiary/aromatic N) is 1. The number of likely N-dealkylation sites (tertiary alicyclic amines) is 1. The second kappa shape index (κ2) is 5.18. The van der Waals surface area contributed by atoms with E-state index in [4.69, 9.17) is 5.73 Å². The molecule has 3 heterocycles. The number of amides is 2. The maximum absolute atomic E-state index is 12.5. The molecule has 1 unspecified atom stereocenters. The van der Waals surface area contributed by atoms with Gasteiger partial charge in [0.1, 0.15) is 0 Å². The van der Waals surface area contributed by atoms with Gasteiger partial charge in [0.05, 0.1) is 10.4 Å². The summed E-state index contributed by atoms with van der Waals surface area (Å²) >= 11 is 1.30. The Morgan fingerprint density at radius 2 is 2.25 bits per heavy atom. The highest BCUT2D eigenvalue weighted by molar-refractivity contribution is 7.12. The summed E-state index contributed by atoms with van der Waals surface area (Å²) in [6.07, 6.45) is 3.40. The number of primary amides is 1. The molecule has 2 aliphatic rings. The van der Waals surface area contributed by atoms with Crippen molar-refractivity contribution in [1.82, 2.24) is 10.2 Å². The highest BCUT2D eigenvalue weighted by Crippen LogP contribution is 2.36. The molecule has 2 aliphatic heterocycles. The summed E-state index contributed by atoms with van der Waals surface area (Å²) in [5.41, 5.74) is 5.92. The predicted molar refractivity (Wildman–Crippen MR) is 77.9 cm³/mol. The van der Waals surface area contributed by atoms with Crippen LogP contribution < -0.4 is 11.1 Å². The van der Waals surface area contributed by atoms with E-state index in [1.54, 1.807) is 11.4 Å². The maximum Gasteiger partial charge on any atom is 0.263 e. The van der Waals surface area contributed by atoms with E-state index in [2.05, 4.69) is 5.32 Å². The molecule has 1 spiro atoms. The van der Waals surface area contributed by atoms with Gasteiger partial charge in [0, 0.05) is 30.4 Å². The molecule has 0 bridgehead atoms. The average Bonchev–Trinajstić information content (AvgIpc) is 3.08. The summed E-state index contributed by atoms with van der Waals surface area (Å²) in [6, 6.07) is 1.61. The first-order valence-corrected chi connectivity index (χ1v) is 7.86. The van der Waals surface area contributed by atoms with Gasteiger partial charge in [-0.2, -0.15) is 0 Å². The van der Waals surface area contributed by atoms with Crippen molar-refractivity contribution in [2.24, 2.45) is 11.1 Å². The minimum atomic E-state index is -0.476. The lowest BCUT2D eigenvalue weighted by Crippen LogP contribution is -2.46. The van der Waals surface area contributed by atoms with Crippen LogP contribution in [0.2, 0.25) is 0 Å². The molecule has 0 aromatic carbocycles. The first kappa shape index (κ1) is 13.6. The van der Waals surface area contributed by atoms with E-state index in [1.165, 1.54) is 17.8 Å². The second-order valence-corrected chi connectivity index (χ2v) is 6.73. The molecule has 1 aromatic heterocycles. The molecule has 3 N–H and O–H groups in total. The van der Waals surface area contributed by atoms with Gasteiger partial charge in [-0.25, -0.2) is 0 Å². The van der Waals surface area contributed by atoms with E-state index in [-0.39, 0.29) is 11.3 Å². The minimum Gasteiger partial charge on any atom is -0.366 e. The van der Waals surface area contributed by atoms with Crippen LogP contribution >= 0.6 is 11.3 Å². The van der Waals surface area contributed by atoms with Crippen molar-refractivity contribution in [3.05, 3.63) is 21.9 Å². The summed E-state index contributed by atoms with van der Waals surface area (Å²) in [5.74, 6) is -0.441. The van der Waals surface area contributed by atoms with E-state index in [9.17, 15) is 9.59 Å². The van der Waals surface area contributed by atoms with Crippen molar-refractivity contribution in [3.8, 4) is 0 Å². The monoisotopic (exact) mass is 293 g/mol. The molecule has 1 aromatic rings. The topological polar surface area (TPSA) is 75.4 Å². The Bertz CT molecular complexity index is 534. The fraction of sp³-hybridized carbons (Fsp3) is 0.571. The number of thiophene rings is 1. The molecule has 1 atom stereocenters. The van der Waals surface area contributed by atoms with Crippen molar-refractivity contribution >= 4 is 23.2 Å². The number of nitrogens with one attached hydrogen (secondary N) is 1. The molecule has 2 saturated heterocycles. The number of carbonyl (C=O) groups is 2. The van der Waals surface area contributed by atoms with Gasteiger partial charge in [-0.3, -0.25) is 9.59 Å². The molecule has 20 heavy (non-hydrogen) atoms. The molecule has 5 nitrogen and oxygen atoms in total. The second-order valence-electron chi connectivity index (χ2n) is 5.82. The van der Waals surface area contributed by atoms with E-state index in [1.807, 2.05) is 4.90 Å². The van der Waals surface area contributed by atoms with Gasteiger partial charge in [0.25, 0.3) is 5.91 Å². The Kier molecular flexibility index (Phi) is 3.52. The van der Waals surface area contributed by atoms with Crippen molar-refractivity contribution < 1.29 is 9.59 Å². The number of hydrogen-bond acceptors (Lipinski definition) is 4. The zero-order valence-electron chi connectivity index (χ0n) is 11.4. The molecule has 108 valence electrons. The van der Waals surface area contributed by atoms with Gasteiger partial charge in [-0.15, -0.1) is 11.3 Å². The lowest BCUT2D eigenvalue weighted by Gasteiger charge is -2.39. The Labute approximate surface area is 122 Å². The highest BCUT2D eigenvalue weighted by atomic mass is 32.1. The summed E-state index contributed by atoms with van der Waals surface area (Å²) in [4.78, 5) is 26.2. The zero-order chi connectivity index (χ0) is 14.2. The summed E-state index contributed by atoms with van der Waals surface area (Å²) in [6.45, 7) is 3.69. The average molecular weight is 293 g/mol. The van der Waals surface area contributed by atoms with E-state index < -0.39 is 5.91 Å².